The second-order valence-corrected chi connectivity index (χ2v) is 8.63. The summed E-state index contributed by atoms with van der Waals surface area (Å²) in [4.78, 5) is 42.8. The molecule has 1 aromatic rings. The second kappa shape index (κ2) is 9.30. The number of halogens is 2. The molecule has 0 radical (unpaired) electrons. The predicted molar refractivity (Wildman–Crippen MR) is 109 cm³/mol. The maximum absolute atomic E-state index is 13.9. The van der Waals surface area contributed by atoms with Crippen LogP contribution in [-0.2, 0) is 9.59 Å². The average molecular weight is 434 g/mol. The topological polar surface area (TPSA) is 73.0 Å². The van der Waals surface area contributed by atoms with Crippen LogP contribution in [0.4, 0.5) is 8.78 Å². The highest BCUT2D eigenvalue weighted by atomic mass is 19.1. The summed E-state index contributed by atoms with van der Waals surface area (Å²) >= 11 is 0. The quantitative estimate of drug-likeness (QED) is 0.757. The SMILES string of the molecule is O=C(CN1CCN(C(=O)C2CCN(C(=O)c3ccc(F)cc3F)CC2)CC1)NC1CC1. The summed E-state index contributed by atoms with van der Waals surface area (Å²) in [5.41, 5.74) is -0.145. The number of hydrogen-bond donors (Lipinski definition) is 1. The first-order valence-electron chi connectivity index (χ1n) is 11.0. The molecule has 3 fully saturated rings. The van der Waals surface area contributed by atoms with Gasteiger partial charge in [-0.05, 0) is 37.8 Å². The van der Waals surface area contributed by atoms with Crippen LogP contribution in [0, 0.1) is 17.6 Å². The van der Waals surface area contributed by atoms with Gasteiger partial charge in [0, 0.05) is 57.3 Å². The van der Waals surface area contributed by atoms with Crippen molar-refractivity contribution in [3.8, 4) is 0 Å². The van der Waals surface area contributed by atoms with Gasteiger partial charge in [0.05, 0.1) is 12.1 Å². The van der Waals surface area contributed by atoms with Gasteiger partial charge in [-0.25, -0.2) is 8.78 Å². The summed E-state index contributed by atoms with van der Waals surface area (Å²) in [6.45, 7) is 3.64. The van der Waals surface area contributed by atoms with Crippen LogP contribution in [0.1, 0.15) is 36.0 Å². The number of likely N-dealkylation sites (tertiary alicyclic amines) is 1. The van der Waals surface area contributed by atoms with Gasteiger partial charge in [-0.1, -0.05) is 0 Å². The van der Waals surface area contributed by atoms with E-state index in [9.17, 15) is 23.2 Å². The smallest absolute Gasteiger partial charge is 0.256 e. The molecule has 0 atom stereocenters. The summed E-state index contributed by atoms with van der Waals surface area (Å²) in [6, 6.07) is 3.29. The van der Waals surface area contributed by atoms with Gasteiger partial charge in [0.25, 0.3) is 5.91 Å². The van der Waals surface area contributed by atoms with Crippen molar-refractivity contribution in [1.29, 1.82) is 0 Å². The van der Waals surface area contributed by atoms with Crippen molar-refractivity contribution in [1.82, 2.24) is 20.0 Å². The molecule has 0 unspecified atom stereocenters. The Morgan fingerprint density at radius 1 is 0.903 bits per heavy atom. The Balaban J connectivity index is 1.22. The lowest BCUT2D eigenvalue weighted by atomic mass is 9.94. The fraction of sp³-hybridized carbons (Fsp3) is 0.591. The number of carbonyl (C=O) groups excluding carboxylic acids is 3. The second-order valence-electron chi connectivity index (χ2n) is 8.63. The van der Waals surface area contributed by atoms with Gasteiger partial charge in [0.15, 0.2) is 0 Å². The Hall–Kier alpha value is -2.55. The van der Waals surface area contributed by atoms with E-state index in [1.807, 2.05) is 4.90 Å². The molecule has 1 N–H and O–H groups in total. The predicted octanol–water partition coefficient (Wildman–Crippen LogP) is 1.24. The van der Waals surface area contributed by atoms with Crippen LogP contribution in [0.3, 0.4) is 0 Å². The third-order valence-electron chi connectivity index (χ3n) is 6.29. The van der Waals surface area contributed by atoms with Crippen molar-refractivity contribution in [3.63, 3.8) is 0 Å². The molecule has 0 aromatic heterocycles. The van der Waals surface area contributed by atoms with Gasteiger partial charge in [-0.15, -0.1) is 0 Å². The van der Waals surface area contributed by atoms with Gasteiger partial charge >= 0.3 is 0 Å². The molecule has 168 valence electrons. The van der Waals surface area contributed by atoms with Crippen molar-refractivity contribution < 1.29 is 23.2 Å². The highest BCUT2D eigenvalue weighted by Gasteiger charge is 2.33. The van der Waals surface area contributed by atoms with Gasteiger partial charge in [0.1, 0.15) is 11.6 Å². The lowest BCUT2D eigenvalue weighted by Gasteiger charge is -2.38. The largest absolute Gasteiger partial charge is 0.352 e. The molecule has 2 saturated heterocycles. The molecule has 3 aliphatic rings. The summed E-state index contributed by atoms with van der Waals surface area (Å²) in [5.74, 6) is -2.08. The fourth-order valence-electron chi connectivity index (χ4n) is 4.25. The minimum Gasteiger partial charge on any atom is -0.352 e. The highest BCUT2D eigenvalue weighted by molar-refractivity contribution is 5.94. The van der Waals surface area contributed by atoms with E-state index in [1.54, 1.807) is 0 Å². The number of carbonyl (C=O) groups is 3. The zero-order chi connectivity index (χ0) is 22.0. The van der Waals surface area contributed by atoms with Gasteiger partial charge in [0.2, 0.25) is 11.8 Å². The van der Waals surface area contributed by atoms with Crippen LogP contribution >= 0.6 is 0 Å². The molecule has 3 amide bonds. The van der Waals surface area contributed by atoms with Crippen molar-refractivity contribution >= 4 is 17.7 Å². The first kappa shape index (κ1) is 21.7. The lowest BCUT2D eigenvalue weighted by molar-refractivity contribution is -0.138. The molecule has 31 heavy (non-hydrogen) atoms. The van der Waals surface area contributed by atoms with E-state index >= 15 is 0 Å². The molecule has 1 saturated carbocycles. The molecule has 1 aliphatic carbocycles. The van der Waals surface area contributed by atoms with Crippen LogP contribution in [-0.4, -0.2) is 84.3 Å². The van der Waals surface area contributed by atoms with Crippen LogP contribution < -0.4 is 5.32 Å². The first-order valence-corrected chi connectivity index (χ1v) is 11.0. The Kier molecular flexibility index (Phi) is 6.50. The average Bonchev–Trinajstić information content (AvgIpc) is 3.57. The van der Waals surface area contributed by atoms with Crippen molar-refractivity contribution in [2.24, 2.45) is 5.92 Å². The number of nitrogens with zero attached hydrogens (tertiary/aromatic N) is 3. The van der Waals surface area contributed by atoms with E-state index in [2.05, 4.69) is 10.2 Å². The summed E-state index contributed by atoms with van der Waals surface area (Å²) in [7, 11) is 0. The third kappa shape index (κ3) is 5.39. The number of piperazine rings is 1. The van der Waals surface area contributed by atoms with Gasteiger partial charge < -0.3 is 15.1 Å². The van der Waals surface area contributed by atoms with E-state index in [-0.39, 0.29) is 23.3 Å². The molecule has 2 heterocycles. The van der Waals surface area contributed by atoms with Crippen molar-refractivity contribution in [2.75, 3.05) is 45.8 Å². The molecule has 9 heteroatoms. The summed E-state index contributed by atoms with van der Waals surface area (Å²) in [5, 5.41) is 2.98. The standard InChI is InChI=1S/C22H28F2N4O3/c23-16-1-4-18(19(24)13-16)22(31)27-7-5-15(6-8-27)21(30)28-11-9-26(10-12-28)14-20(29)25-17-2-3-17/h1,4,13,15,17H,2-3,5-12,14H2,(H,25,29). The van der Waals surface area contributed by atoms with E-state index in [1.165, 1.54) is 4.90 Å². The van der Waals surface area contributed by atoms with E-state index in [0.717, 1.165) is 25.0 Å². The van der Waals surface area contributed by atoms with Gasteiger partial charge in [-0.2, -0.15) is 0 Å². The number of rotatable bonds is 5. The fourth-order valence-corrected chi connectivity index (χ4v) is 4.25. The normalized spacial score (nSPS) is 20.6. The molecular formula is C22H28F2N4O3. The number of benzene rings is 1. The molecule has 0 bridgehead atoms. The summed E-state index contributed by atoms with van der Waals surface area (Å²) < 4.78 is 27.0. The van der Waals surface area contributed by atoms with Crippen LogP contribution in [0.25, 0.3) is 0 Å². The Morgan fingerprint density at radius 3 is 2.19 bits per heavy atom. The molecule has 4 rings (SSSR count). The zero-order valence-electron chi connectivity index (χ0n) is 17.5. The molecule has 1 aromatic carbocycles. The van der Waals surface area contributed by atoms with Gasteiger partial charge in [-0.3, -0.25) is 19.3 Å². The minimum atomic E-state index is -0.869. The van der Waals surface area contributed by atoms with Crippen LogP contribution in [0.15, 0.2) is 18.2 Å². The summed E-state index contributed by atoms with van der Waals surface area (Å²) in [6.07, 6.45) is 3.18. The molecular weight excluding hydrogens is 406 g/mol. The van der Waals surface area contributed by atoms with E-state index < -0.39 is 17.5 Å². The van der Waals surface area contributed by atoms with Crippen molar-refractivity contribution in [2.45, 2.75) is 31.7 Å². The zero-order valence-corrected chi connectivity index (χ0v) is 17.5. The number of hydrogen-bond acceptors (Lipinski definition) is 4. The monoisotopic (exact) mass is 434 g/mol. The van der Waals surface area contributed by atoms with E-state index in [4.69, 9.17) is 0 Å². The molecule has 2 aliphatic heterocycles. The van der Waals surface area contributed by atoms with Crippen molar-refractivity contribution in [3.05, 3.63) is 35.4 Å². The number of nitrogens with one attached hydrogen (secondary N) is 1. The first-order chi connectivity index (χ1) is 14.9. The van der Waals surface area contributed by atoms with Crippen LogP contribution in [0.2, 0.25) is 0 Å². The van der Waals surface area contributed by atoms with Crippen LogP contribution in [0.5, 0.6) is 0 Å². The molecule has 7 nitrogen and oxygen atoms in total. The maximum atomic E-state index is 13.9. The Bertz CT molecular complexity index is 845. The number of piperidine rings is 1. The Morgan fingerprint density at radius 2 is 1.58 bits per heavy atom. The molecule has 0 spiro atoms. The lowest BCUT2D eigenvalue weighted by Crippen LogP contribution is -2.53. The third-order valence-corrected chi connectivity index (χ3v) is 6.29. The Labute approximate surface area is 180 Å². The number of amides is 3. The minimum absolute atomic E-state index is 0.0527. The van der Waals surface area contributed by atoms with E-state index in [0.29, 0.717) is 70.8 Å². The highest BCUT2D eigenvalue weighted by Crippen LogP contribution is 2.23. The maximum Gasteiger partial charge on any atom is 0.256 e.